The number of rotatable bonds is 76. The van der Waals surface area contributed by atoms with Gasteiger partial charge in [0.1, 0.15) is 27.1 Å². The molecule has 0 rings (SSSR count). The fourth-order valence-electron chi connectivity index (χ4n) is 11.2. The van der Waals surface area contributed by atoms with E-state index in [1.165, 1.54) is 343 Å². The molecule has 0 N–H and O–H groups in total. The van der Waals surface area contributed by atoms with Gasteiger partial charge in [0.25, 0.3) is 0 Å². The maximum atomic E-state index is 11.8. The summed E-state index contributed by atoms with van der Waals surface area (Å²) in [5.74, 6) is 0. The van der Waals surface area contributed by atoms with E-state index in [4.69, 9.17) is 26.6 Å². The van der Waals surface area contributed by atoms with E-state index in [2.05, 4.69) is 55.4 Å². The second kappa shape index (κ2) is 95.8. The summed E-state index contributed by atoms with van der Waals surface area (Å²) >= 11 is 3.37. The van der Waals surface area contributed by atoms with Gasteiger partial charge >= 0.3 is 93.5 Å². The molecule has 0 saturated heterocycles. The van der Waals surface area contributed by atoms with E-state index in [1.54, 1.807) is 45.0 Å². The fourth-order valence-corrected chi connectivity index (χ4v) is 15.8. The van der Waals surface area contributed by atoms with Crippen molar-refractivity contribution >= 4 is 72.2 Å². The molecule has 0 aliphatic carbocycles. The van der Waals surface area contributed by atoms with Gasteiger partial charge in [0, 0.05) is 39.6 Å². The molecule has 0 atom stereocenters. The molecule has 0 aliphatic rings. The SMILES string of the molecule is CCCCCCCCCCCCO[Si]([O-])([O-])OCCCCCCCCCCCC.CCCCCCCCCCCCO[Si]([O-])([O-])OCCCCCCCCCCCC.CCCCCCCCCCCCO[Si]([O-])([O-])OCCCCCCCCCCCC.CCC[CH2][Sn+3].CCC[CH2][Sn+3]. The summed E-state index contributed by atoms with van der Waals surface area (Å²) in [6.45, 7) is 19.5. The van der Waals surface area contributed by atoms with Gasteiger partial charge in [-0.1, -0.05) is 388 Å². The van der Waals surface area contributed by atoms with Gasteiger partial charge in [-0.25, -0.2) is 0 Å². The van der Waals surface area contributed by atoms with E-state index in [1.807, 2.05) is 0 Å². The first-order chi connectivity index (χ1) is 47.2. The minimum absolute atomic E-state index is 0.272. The maximum absolute atomic E-state index is 11.8. The van der Waals surface area contributed by atoms with Crippen molar-refractivity contribution in [2.24, 2.45) is 0 Å². The molecular formula is C80H168O12Si3Sn2. The van der Waals surface area contributed by atoms with Crippen molar-refractivity contribution in [2.45, 2.75) is 475 Å². The summed E-state index contributed by atoms with van der Waals surface area (Å²) in [6.07, 6.45) is 79.2. The Bertz CT molecular complexity index is 1100. The number of unbranched alkanes of at least 4 members (excludes halogenated alkanes) is 56. The molecule has 0 fully saturated rings. The Hall–Kier alpha value is 1.77. The van der Waals surface area contributed by atoms with Crippen LogP contribution < -0.4 is 28.8 Å². The Morgan fingerprint density at radius 2 is 0.247 bits per heavy atom. The van der Waals surface area contributed by atoms with E-state index in [-0.39, 0.29) is 39.6 Å². The summed E-state index contributed by atoms with van der Waals surface area (Å²) in [5, 5.41) is 0. The summed E-state index contributed by atoms with van der Waals surface area (Å²) in [7, 11) is -13.2. The average molecular weight is 1640 g/mol. The number of hydrogen-bond donors (Lipinski definition) is 0. The van der Waals surface area contributed by atoms with E-state index in [0.29, 0.717) is 0 Å². The molecule has 0 aromatic rings. The van der Waals surface area contributed by atoms with Crippen LogP contribution in [0.25, 0.3) is 0 Å². The van der Waals surface area contributed by atoms with Crippen molar-refractivity contribution < 1.29 is 55.3 Å². The summed E-state index contributed by atoms with van der Waals surface area (Å²) in [6, 6.07) is 0. The molecule has 0 aromatic carbocycles. The normalized spacial score (nSPS) is 11.6. The first kappa shape index (κ1) is 107. The van der Waals surface area contributed by atoms with Crippen molar-refractivity contribution in [3.63, 3.8) is 0 Å². The molecule has 0 aliphatic heterocycles. The third-order valence-corrected chi connectivity index (χ3v) is 23.1. The third-order valence-electron chi connectivity index (χ3n) is 17.7. The first-order valence-electron chi connectivity index (χ1n) is 42.5. The molecule has 0 heterocycles. The van der Waals surface area contributed by atoms with Crippen molar-refractivity contribution in [2.75, 3.05) is 39.6 Å². The second-order valence-electron chi connectivity index (χ2n) is 27.9. The zero-order valence-corrected chi connectivity index (χ0v) is 75.0. The Balaban J connectivity index is -0.000000405. The molecule has 0 spiro atoms. The van der Waals surface area contributed by atoms with Gasteiger partial charge in [0.2, 0.25) is 0 Å². The molecule has 0 unspecified atom stereocenters. The molecule has 97 heavy (non-hydrogen) atoms. The van der Waals surface area contributed by atoms with Gasteiger partial charge in [-0.05, 0) is 38.5 Å². The van der Waals surface area contributed by atoms with Gasteiger partial charge in [0.05, 0.1) is 0 Å². The van der Waals surface area contributed by atoms with Crippen LogP contribution in [-0.2, 0) is 26.6 Å². The van der Waals surface area contributed by atoms with Gasteiger partial charge in [-0.2, -0.15) is 0 Å². The minimum atomic E-state index is -4.39. The predicted molar refractivity (Wildman–Crippen MR) is 415 cm³/mol. The van der Waals surface area contributed by atoms with E-state index in [9.17, 15) is 28.8 Å². The molecule has 580 valence electrons. The molecular weight excluding hydrogens is 1470 g/mol. The summed E-state index contributed by atoms with van der Waals surface area (Å²) in [4.78, 5) is 70.6. The standard InChI is InChI=1S/3C24H50O4Si.2C4H9.2Sn/c3*1-3-5-7-9-11-13-15-17-19-21-23-27-29(25,26)28-24-22-20-18-16-14-12-10-8-6-4-2;2*1-3-4-2;;/h3*3-24H2,1-2H3;2*1,3-4H2,2H3;;/q3*-2;;;2*+3. The Kier molecular flexibility index (Phi) is 106. The molecule has 0 aromatic heterocycles. The first-order valence-corrected chi connectivity index (χ1v) is 51.5. The Labute approximate surface area is 637 Å². The van der Waals surface area contributed by atoms with Crippen LogP contribution in [0.3, 0.4) is 0 Å². The molecule has 12 nitrogen and oxygen atoms in total. The van der Waals surface area contributed by atoms with Crippen LogP contribution in [0.15, 0.2) is 0 Å². The molecule has 17 heteroatoms. The van der Waals surface area contributed by atoms with E-state index < -0.39 is 27.1 Å². The molecule has 0 saturated carbocycles. The quantitative estimate of drug-likeness (QED) is 0.0414. The Morgan fingerprint density at radius 1 is 0.155 bits per heavy atom. The van der Waals surface area contributed by atoms with Crippen LogP contribution in [0, 0.1) is 0 Å². The van der Waals surface area contributed by atoms with Crippen molar-refractivity contribution in [1.29, 1.82) is 0 Å². The van der Waals surface area contributed by atoms with Crippen LogP contribution in [-0.4, -0.2) is 112 Å². The summed E-state index contributed by atoms with van der Waals surface area (Å²) in [5.41, 5.74) is 0. The fraction of sp³-hybridized carbons (Fsp3) is 1.00. The zero-order chi connectivity index (χ0) is 72.7. The predicted octanol–water partition coefficient (Wildman–Crippen LogP) is 20.8. The topological polar surface area (TPSA) is 194 Å². The van der Waals surface area contributed by atoms with Crippen molar-refractivity contribution in [3.8, 4) is 0 Å². The van der Waals surface area contributed by atoms with E-state index >= 15 is 0 Å². The van der Waals surface area contributed by atoms with Crippen molar-refractivity contribution in [1.82, 2.24) is 0 Å². The van der Waals surface area contributed by atoms with Crippen LogP contribution >= 0.6 is 0 Å². The number of hydrogen-bond acceptors (Lipinski definition) is 12. The van der Waals surface area contributed by atoms with Crippen LogP contribution in [0.1, 0.15) is 466 Å². The van der Waals surface area contributed by atoms with Crippen molar-refractivity contribution in [3.05, 3.63) is 0 Å². The summed E-state index contributed by atoms with van der Waals surface area (Å²) < 4.78 is 32.9. The van der Waals surface area contributed by atoms with Crippen LogP contribution in [0.5, 0.6) is 0 Å². The van der Waals surface area contributed by atoms with E-state index in [0.717, 1.165) is 77.0 Å². The van der Waals surface area contributed by atoms with Gasteiger partial charge in [-0.3, -0.25) is 0 Å². The van der Waals surface area contributed by atoms with Gasteiger partial charge in [0.15, 0.2) is 0 Å². The van der Waals surface area contributed by atoms with Crippen LogP contribution in [0.4, 0.5) is 0 Å². The second-order valence-corrected chi connectivity index (χ2v) is 35.5. The van der Waals surface area contributed by atoms with Crippen LogP contribution in [0.2, 0.25) is 8.87 Å². The monoisotopic (exact) mass is 1640 g/mol. The van der Waals surface area contributed by atoms with Gasteiger partial charge in [-0.15, -0.1) is 0 Å². The van der Waals surface area contributed by atoms with Gasteiger partial charge < -0.3 is 55.3 Å². The molecule has 0 radical (unpaired) electrons. The Morgan fingerprint density at radius 3 is 0.330 bits per heavy atom. The molecule has 0 bridgehead atoms. The zero-order valence-electron chi connectivity index (χ0n) is 66.3. The average Bonchev–Trinajstić information content (AvgIpc) is 3.20. The third kappa shape index (κ3) is 111. The molecule has 0 amide bonds.